The fourth-order valence-electron chi connectivity index (χ4n) is 3.43. The Labute approximate surface area is 192 Å². The van der Waals surface area contributed by atoms with Crippen molar-refractivity contribution in [2.75, 3.05) is 18.6 Å². The summed E-state index contributed by atoms with van der Waals surface area (Å²) in [5.74, 6) is 0.0982. The first-order valence-electron chi connectivity index (χ1n) is 10.5. The molecule has 0 aliphatic heterocycles. The highest BCUT2D eigenvalue weighted by Crippen LogP contribution is 2.48. The molecule has 0 unspecified atom stereocenters. The molecular formula is C23H30N2O6S. The van der Waals surface area contributed by atoms with Crippen molar-refractivity contribution in [3.8, 4) is 5.75 Å². The van der Waals surface area contributed by atoms with Gasteiger partial charge < -0.3 is 19.3 Å². The monoisotopic (exact) mass is 462 g/mol. The average Bonchev–Trinajstić information content (AvgIpc) is 3.19. The fraction of sp³-hybridized carbons (Fsp3) is 0.522. The van der Waals surface area contributed by atoms with Gasteiger partial charge in [-0.3, -0.25) is 4.79 Å². The summed E-state index contributed by atoms with van der Waals surface area (Å²) >= 11 is 1.22. The Morgan fingerprint density at radius 1 is 1.25 bits per heavy atom. The van der Waals surface area contributed by atoms with Crippen molar-refractivity contribution in [1.29, 1.82) is 0 Å². The van der Waals surface area contributed by atoms with Gasteiger partial charge in [0.2, 0.25) is 0 Å². The third-order valence-electron chi connectivity index (χ3n) is 5.08. The lowest BCUT2D eigenvalue weighted by molar-refractivity contribution is -0.165. The van der Waals surface area contributed by atoms with Crippen LogP contribution >= 0.6 is 11.3 Å². The second-order valence-corrected chi connectivity index (χ2v) is 9.82. The highest BCUT2D eigenvalue weighted by molar-refractivity contribution is 7.15. The van der Waals surface area contributed by atoms with Crippen LogP contribution in [-0.2, 0) is 26.4 Å². The summed E-state index contributed by atoms with van der Waals surface area (Å²) in [7, 11) is 1.59. The normalized spacial score (nSPS) is 20.2. The predicted molar refractivity (Wildman–Crippen MR) is 121 cm³/mol. The van der Waals surface area contributed by atoms with Crippen molar-refractivity contribution < 1.29 is 28.9 Å². The van der Waals surface area contributed by atoms with E-state index in [4.69, 9.17) is 14.2 Å². The van der Waals surface area contributed by atoms with Crippen LogP contribution in [0.4, 0.5) is 9.93 Å². The summed E-state index contributed by atoms with van der Waals surface area (Å²) in [4.78, 5) is 31.3. The van der Waals surface area contributed by atoms with E-state index in [-0.39, 0.29) is 31.3 Å². The number of hydrogen-bond acceptors (Lipinski definition) is 8. The first kappa shape index (κ1) is 24.0. The number of hydrogen-bond donors (Lipinski definition) is 1. The SMILES string of the molecule is CCOC(=O)C1CC(O)(c2cnc(N(Cc3ccc(OC)cc3)C(=O)OC(C)(C)C)s2)C1. The van der Waals surface area contributed by atoms with Crippen LogP contribution in [0.15, 0.2) is 30.5 Å². The highest BCUT2D eigenvalue weighted by atomic mass is 32.1. The number of nitrogens with zero attached hydrogens (tertiary/aromatic N) is 2. The Balaban J connectivity index is 1.80. The zero-order valence-electron chi connectivity index (χ0n) is 19.1. The number of rotatable bonds is 7. The maximum Gasteiger partial charge on any atom is 0.416 e. The fourth-order valence-corrected chi connectivity index (χ4v) is 4.44. The molecule has 174 valence electrons. The minimum atomic E-state index is -1.15. The number of aromatic nitrogens is 1. The number of esters is 1. The first-order chi connectivity index (χ1) is 15.0. The van der Waals surface area contributed by atoms with Gasteiger partial charge in [0, 0.05) is 6.20 Å². The lowest BCUT2D eigenvalue weighted by atomic mass is 9.70. The lowest BCUT2D eigenvalue weighted by Crippen LogP contribution is -2.44. The zero-order valence-corrected chi connectivity index (χ0v) is 19.9. The third-order valence-corrected chi connectivity index (χ3v) is 6.30. The Hall–Kier alpha value is -2.65. The van der Waals surface area contributed by atoms with Crippen molar-refractivity contribution >= 4 is 28.5 Å². The molecule has 32 heavy (non-hydrogen) atoms. The van der Waals surface area contributed by atoms with Gasteiger partial charge in [0.05, 0.1) is 31.1 Å². The van der Waals surface area contributed by atoms with E-state index in [0.717, 1.165) is 11.3 Å². The van der Waals surface area contributed by atoms with Crippen LogP contribution < -0.4 is 9.64 Å². The molecule has 1 aromatic carbocycles. The lowest BCUT2D eigenvalue weighted by Gasteiger charge is -2.41. The van der Waals surface area contributed by atoms with Crippen molar-refractivity contribution in [2.45, 2.75) is 58.3 Å². The number of methoxy groups -OCH3 is 1. The van der Waals surface area contributed by atoms with Crippen LogP contribution in [0.2, 0.25) is 0 Å². The average molecular weight is 463 g/mol. The Morgan fingerprint density at radius 2 is 1.91 bits per heavy atom. The molecule has 1 aliphatic rings. The Bertz CT molecular complexity index is 944. The number of carbonyl (C=O) groups excluding carboxylic acids is 2. The van der Waals surface area contributed by atoms with Gasteiger partial charge in [0.25, 0.3) is 0 Å². The molecule has 0 radical (unpaired) electrons. The smallest absolute Gasteiger partial charge is 0.416 e. The molecule has 8 nitrogen and oxygen atoms in total. The molecule has 1 amide bonds. The number of benzene rings is 1. The van der Waals surface area contributed by atoms with E-state index >= 15 is 0 Å². The van der Waals surface area contributed by atoms with Crippen molar-refractivity contribution in [3.05, 3.63) is 40.9 Å². The van der Waals surface area contributed by atoms with Crippen LogP contribution in [0.25, 0.3) is 0 Å². The Kier molecular flexibility index (Phi) is 7.09. The maximum atomic E-state index is 13.0. The zero-order chi connectivity index (χ0) is 23.5. The van der Waals surface area contributed by atoms with E-state index in [9.17, 15) is 14.7 Å². The number of ether oxygens (including phenoxy) is 3. The van der Waals surface area contributed by atoms with Gasteiger partial charge in [-0.25, -0.2) is 14.7 Å². The molecule has 1 aliphatic carbocycles. The molecule has 9 heteroatoms. The molecule has 1 aromatic heterocycles. The number of aliphatic hydroxyl groups is 1. The molecule has 1 saturated carbocycles. The van der Waals surface area contributed by atoms with E-state index in [0.29, 0.717) is 16.6 Å². The topological polar surface area (TPSA) is 98.2 Å². The summed E-state index contributed by atoms with van der Waals surface area (Å²) in [6.45, 7) is 7.72. The first-order valence-corrected chi connectivity index (χ1v) is 11.3. The molecule has 3 rings (SSSR count). The molecule has 1 fully saturated rings. The molecule has 0 bridgehead atoms. The molecule has 1 N–H and O–H groups in total. The molecule has 2 aromatic rings. The maximum absolute atomic E-state index is 13.0. The molecular weight excluding hydrogens is 432 g/mol. The van der Waals surface area contributed by atoms with Gasteiger partial charge in [0.1, 0.15) is 17.0 Å². The predicted octanol–water partition coefficient (Wildman–Crippen LogP) is 4.25. The van der Waals surface area contributed by atoms with E-state index in [2.05, 4.69) is 4.98 Å². The van der Waals surface area contributed by atoms with Crippen molar-refractivity contribution in [3.63, 3.8) is 0 Å². The molecule has 0 saturated heterocycles. The summed E-state index contributed by atoms with van der Waals surface area (Å²) in [5, 5.41) is 11.4. The molecule has 0 spiro atoms. The largest absolute Gasteiger partial charge is 0.497 e. The van der Waals surface area contributed by atoms with Gasteiger partial charge in [-0.2, -0.15) is 0 Å². The molecule has 0 atom stereocenters. The van der Waals surface area contributed by atoms with Crippen molar-refractivity contribution in [1.82, 2.24) is 4.98 Å². The van der Waals surface area contributed by atoms with Crippen LogP contribution in [0.1, 0.15) is 51.0 Å². The van der Waals surface area contributed by atoms with Gasteiger partial charge in [-0.1, -0.05) is 23.5 Å². The quantitative estimate of drug-likeness (QED) is 0.614. The summed E-state index contributed by atoms with van der Waals surface area (Å²) in [6.07, 6.45) is 1.59. The minimum Gasteiger partial charge on any atom is -0.497 e. The van der Waals surface area contributed by atoms with Crippen molar-refractivity contribution in [2.24, 2.45) is 5.92 Å². The minimum absolute atomic E-state index is 0.246. The Morgan fingerprint density at radius 3 is 2.47 bits per heavy atom. The van der Waals surface area contributed by atoms with Crippen LogP contribution in [0.5, 0.6) is 5.75 Å². The van der Waals surface area contributed by atoms with E-state index in [1.54, 1.807) is 41.0 Å². The summed E-state index contributed by atoms with van der Waals surface area (Å²) in [5.41, 5.74) is -0.945. The van der Waals surface area contributed by atoms with Gasteiger partial charge in [-0.15, -0.1) is 0 Å². The second-order valence-electron chi connectivity index (χ2n) is 8.81. The summed E-state index contributed by atoms with van der Waals surface area (Å²) in [6, 6.07) is 7.38. The van der Waals surface area contributed by atoms with Crippen LogP contribution in [0.3, 0.4) is 0 Å². The van der Waals surface area contributed by atoms with Crippen LogP contribution in [0, 0.1) is 5.92 Å². The third kappa shape index (κ3) is 5.58. The number of anilines is 1. The van der Waals surface area contributed by atoms with E-state index in [1.807, 2.05) is 24.3 Å². The van der Waals surface area contributed by atoms with Crippen LogP contribution in [-0.4, -0.2) is 41.5 Å². The summed E-state index contributed by atoms with van der Waals surface area (Å²) < 4.78 is 15.8. The standard InChI is InChI=1S/C23H30N2O6S/c1-6-30-19(26)16-11-23(28,12-16)18-13-24-20(32-18)25(21(27)31-22(2,3)4)14-15-7-9-17(29-5)10-8-15/h7-10,13,16,28H,6,11-12,14H2,1-5H3. The van der Waals surface area contributed by atoms with Gasteiger partial charge >= 0.3 is 12.1 Å². The number of amides is 1. The number of thiazole rings is 1. The van der Waals surface area contributed by atoms with E-state index < -0.39 is 17.3 Å². The number of carbonyl (C=O) groups is 2. The molecule has 1 heterocycles. The highest BCUT2D eigenvalue weighted by Gasteiger charge is 2.49. The second kappa shape index (κ2) is 9.46. The van der Waals surface area contributed by atoms with Gasteiger partial charge in [-0.05, 0) is 58.2 Å². The van der Waals surface area contributed by atoms with E-state index in [1.165, 1.54) is 16.2 Å². The van der Waals surface area contributed by atoms with Gasteiger partial charge in [0.15, 0.2) is 5.13 Å².